The topological polar surface area (TPSA) is 103 Å². The van der Waals surface area contributed by atoms with E-state index in [1.165, 1.54) is 0 Å². The molecule has 0 N–H and O–H groups in total. The summed E-state index contributed by atoms with van der Waals surface area (Å²) in [7, 11) is 0. The first kappa shape index (κ1) is 35.2. The van der Waals surface area contributed by atoms with Gasteiger partial charge in [0.2, 0.25) is 0 Å². The zero-order valence-electron chi connectivity index (χ0n) is 31.6. The molecule has 0 fully saturated rings. The molecule has 0 saturated carbocycles. The Balaban J connectivity index is 1.31. The molecule has 8 heteroatoms. The lowest BCUT2D eigenvalue weighted by atomic mass is 10.00. The zero-order chi connectivity index (χ0) is 40.9. The van der Waals surface area contributed by atoms with Crippen molar-refractivity contribution in [3.63, 3.8) is 0 Å². The fraction of sp³-hybridized carbons (Fsp3) is 0. The summed E-state index contributed by atoms with van der Waals surface area (Å²) in [5.41, 5.74) is 12.5. The van der Waals surface area contributed by atoms with Crippen LogP contribution in [0.4, 0.5) is 11.4 Å². The smallest absolute Gasteiger partial charge is 0.189 e. The van der Waals surface area contributed by atoms with Crippen LogP contribution in [0.1, 0.15) is 16.7 Å². The number of aromatic nitrogens is 3. The standard InChI is InChI=1S/C52H26N8/c1-56-40-21-33(28-54)19-38(23-40)36-15-17-44-42-7-3-5-9-46(42)59(48(44)25-36)50-30-58-31-51(52(50)35-13-11-32(27-53)12-14-35)60-47-10-6-4-8-43(47)45-18-16-37(26-49(45)60)39-20-34(29-55)22-41(24-39)57-2/h3-26,30-31H. The zero-order valence-corrected chi connectivity index (χ0v) is 31.6. The summed E-state index contributed by atoms with van der Waals surface area (Å²) in [6, 6.07) is 53.6. The van der Waals surface area contributed by atoms with Gasteiger partial charge in [0.1, 0.15) is 0 Å². The summed E-state index contributed by atoms with van der Waals surface area (Å²) in [5, 5.41) is 33.6. The summed E-state index contributed by atoms with van der Waals surface area (Å²) >= 11 is 0. The lowest BCUT2D eigenvalue weighted by Gasteiger charge is -2.20. The molecule has 10 rings (SSSR count). The van der Waals surface area contributed by atoms with Gasteiger partial charge in [0.05, 0.1) is 82.8 Å². The minimum absolute atomic E-state index is 0.392. The van der Waals surface area contributed by atoms with Gasteiger partial charge in [0.15, 0.2) is 11.4 Å². The Morgan fingerprint density at radius 2 is 0.850 bits per heavy atom. The third kappa shape index (κ3) is 5.61. The third-order valence-electron chi connectivity index (χ3n) is 11.1. The molecule has 10 aromatic rings. The second-order valence-electron chi connectivity index (χ2n) is 14.4. The average molecular weight is 763 g/mol. The van der Waals surface area contributed by atoms with Crippen LogP contribution < -0.4 is 0 Å². The molecule has 0 spiro atoms. The van der Waals surface area contributed by atoms with Gasteiger partial charge in [-0.25, -0.2) is 9.69 Å². The molecule has 0 atom stereocenters. The molecule has 8 nitrogen and oxygen atoms in total. The van der Waals surface area contributed by atoms with Crippen molar-refractivity contribution in [1.29, 1.82) is 15.8 Å². The highest BCUT2D eigenvalue weighted by molar-refractivity contribution is 6.13. The van der Waals surface area contributed by atoms with Crippen LogP contribution in [-0.2, 0) is 0 Å². The second-order valence-corrected chi connectivity index (χ2v) is 14.4. The van der Waals surface area contributed by atoms with E-state index in [0.29, 0.717) is 28.1 Å². The number of nitriles is 3. The van der Waals surface area contributed by atoms with Gasteiger partial charge in [0.25, 0.3) is 0 Å². The Hall–Kier alpha value is -9.26. The van der Waals surface area contributed by atoms with Gasteiger partial charge in [-0.3, -0.25) is 4.98 Å². The molecule has 0 aliphatic heterocycles. The van der Waals surface area contributed by atoms with Crippen molar-refractivity contribution in [3.05, 3.63) is 198 Å². The van der Waals surface area contributed by atoms with Gasteiger partial charge in [-0.15, -0.1) is 0 Å². The number of hydrogen-bond acceptors (Lipinski definition) is 4. The van der Waals surface area contributed by atoms with Gasteiger partial charge in [0, 0.05) is 38.2 Å². The van der Waals surface area contributed by atoms with Crippen LogP contribution in [0, 0.1) is 47.1 Å². The Kier molecular flexibility index (Phi) is 8.23. The molecule has 0 amide bonds. The van der Waals surface area contributed by atoms with Crippen LogP contribution in [0.3, 0.4) is 0 Å². The number of para-hydroxylation sites is 2. The molecule has 60 heavy (non-hydrogen) atoms. The number of hydrogen-bond donors (Lipinski definition) is 0. The summed E-state index contributed by atoms with van der Waals surface area (Å²) in [6.45, 7) is 15.4. The molecule has 0 aliphatic carbocycles. The summed E-state index contributed by atoms with van der Waals surface area (Å²) in [6.07, 6.45) is 3.75. The lowest BCUT2D eigenvalue weighted by Crippen LogP contribution is -2.05. The van der Waals surface area contributed by atoms with E-state index in [-0.39, 0.29) is 0 Å². The molecule has 3 aromatic heterocycles. The number of pyridine rings is 1. The highest BCUT2D eigenvalue weighted by Gasteiger charge is 2.23. The average Bonchev–Trinajstić information content (AvgIpc) is 3.82. The van der Waals surface area contributed by atoms with E-state index in [1.807, 2.05) is 97.3 Å². The van der Waals surface area contributed by atoms with Crippen molar-refractivity contribution in [1.82, 2.24) is 14.1 Å². The predicted octanol–water partition coefficient (Wildman–Crippen LogP) is 13.0. The number of rotatable bonds is 5. The normalized spacial score (nSPS) is 10.9. The molecule has 0 unspecified atom stereocenters. The van der Waals surface area contributed by atoms with E-state index in [0.717, 1.165) is 88.4 Å². The minimum atomic E-state index is 0.392. The molecule has 7 aromatic carbocycles. The molecule has 0 saturated heterocycles. The van der Waals surface area contributed by atoms with Crippen LogP contribution in [0.2, 0.25) is 0 Å². The fourth-order valence-electron chi connectivity index (χ4n) is 8.42. The molecule has 274 valence electrons. The van der Waals surface area contributed by atoms with Gasteiger partial charge in [-0.1, -0.05) is 72.8 Å². The van der Waals surface area contributed by atoms with Gasteiger partial charge >= 0.3 is 0 Å². The van der Waals surface area contributed by atoms with E-state index in [4.69, 9.17) is 18.1 Å². The molecule has 3 heterocycles. The van der Waals surface area contributed by atoms with E-state index in [9.17, 15) is 15.8 Å². The maximum atomic E-state index is 9.82. The maximum Gasteiger partial charge on any atom is 0.189 e. The van der Waals surface area contributed by atoms with Crippen LogP contribution >= 0.6 is 0 Å². The highest BCUT2D eigenvalue weighted by Crippen LogP contribution is 2.43. The van der Waals surface area contributed by atoms with Crippen LogP contribution in [0.5, 0.6) is 0 Å². The first-order valence-electron chi connectivity index (χ1n) is 18.9. The molecule has 0 radical (unpaired) electrons. The van der Waals surface area contributed by atoms with Crippen LogP contribution in [-0.4, -0.2) is 14.1 Å². The van der Waals surface area contributed by atoms with Crippen molar-refractivity contribution in [3.8, 4) is 63.0 Å². The minimum Gasteiger partial charge on any atom is -0.307 e. The number of fused-ring (bicyclic) bond motifs is 6. The Bertz CT molecular complexity index is 3390. The largest absolute Gasteiger partial charge is 0.307 e. The fourth-order valence-corrected chi connectivity index (χ4v) is 8.42. The lowest BCUT2D eigenvalue weighted by molar-refractivity contribution is 1.09. The van der Waals surface area contributed by atoms with Gasteiger partial charge in [-0.05, 0) is 101 Å². The van der Waals surface area contributed by atoms with E-state index in [1.54, 1.807) is 12.1 Å². The summed E-state index contributed by atoms with van der Waals surface area (Å²) in [5.74, 6) is 0. The SMILES string of the molecule is [C-]#[N+]c1cc(C#N)cc(-c2ccc3c4ccccc4n(-c4cncc(-n5c6ccccc6c6ccc(-c7cc(C#N)cc([N+]#[C-])c7)cc65)c4-c4ccc(C#N)cc4)c3c2)c1. The Morgan fingerprint density at radius 1 is 0.417 bits per heavy atom. The Morgan fingerprint density at radius 3 is 1.30 bits per heavy atom. The molecular weight excluding hydrogens is 737 g/mol. The first-order valence-corrected chi connectivity index (χ1v) is 18.9. The Labute approximate surface area is 344 Å². The number of benzene rings is 7. The van der Waals surface area contributed by atoms with E-state index in [2.05, 4.69) is 85.6 Å². The third-order valence-corrected chi connectivity index (χ3v) is 11.1. The number of nitrogens with zero attached hydrogens (tertiary/aromatic N) is 8. The van der Waals surface area contributed by atoms with Gasteiger partial charge < -0.3 is 9.13 Å². The van der Waals surface area contributed by atoms with E-state index >= 15 is 0 Å². The van der Waals surface area contributed by atoms with Crippen molar-refractivity contribution in [2.45, 2.75) is 0 Å². The molecule has 0 bridgehead atoms. The first-order chi connectivity index (χ1) is 29.5. The van der Waals surface area contributed by atoms with Crippen molar-refractivity contribution in [2.75, 3.05) is 0 Å². The molecular formula is C52H26N8. The highest BCUT2D eigenvalue weighted by atomic mass is 15.0. The van der Waals surface area contributed by atoms with Crippen molar-refractivity contribution in [2.24, 2.45) is 0 Å². The quantitative estimate of drug-likeness (QED) is 0.163. The van der Waals surface area contributed by atoms with Crippen LogP contribution in [0.25, 0.3) is 98.1 Å². The molecule has 0 aliphatic rings. The maximum absolute atomic E-state index is 9.82. The predicted molar refractivity (Wildman–Crippen MR) is 236 cm³/mol. The van der Waals surface area contributed by atoms with Crippen molar-refractivity contribution < 1.29 is 0 Å². The summed E-state index contributed by atoms with van der Waals surface area (Å²) in [4.78, 5) is 12.2. The van der Waals surface area contributed by atoms with Crippen LogP contribution in [0.15, 0.2) is 158 Å². The second kappa shape index (κ2) is 14.0. The van der Waals surface area contributed by atoms with Gasteiger partial charge in [-0.2, -0.15) is 15.8 Å². The summed E-state index contributed by atoms with van der Waals surface area (Å²) < 4.78 is 4.45. The van der Waals surface area contributed by atoms with E-state index < -0.39 is 0 Å². The monoisotopic (exact) mass is 762 g/mol. The van der Waals surface area contributed by atoms with Crippen molar-refractivity contribution >= 4 is 55.0 Å².